The van der Waals surface area contributed by atoms with Crippen LogP contribution < -0.4 is 5.84 Å². The van der Waals surface area contributed by atoms with E-state index in [1.165, 1.54) is 4.41 Å². The molecule has 0 atom stereocenters. The summed E-state index contributed by atoms with van der Waals surface area (Å²) in [5.74, 6) is 5.31. The Morgan fingerprint density at radius 3 is 2.50 bits per heavy atom. The SMILES string of the molecule is CN(N)SC(=O)c1ccccc1. The first-order chi connectivity index (χ1) is 5.70. The summed E-state index contributed by atoms with van der Waals surface area (Å²) in [5, 5.41) is -0.0411. The van der Waals surface area contributed by atoms with Gasteiger partial charge in [0, 0.05) is 24.6 Å². The molecule has 1 aromatic carbocycles. The molecule has 64 valence electrons. The molecular formula is C8H10N2OS. The molecular weight excluding hydrogens is 172 g/mol. The third-order valence-corrected chi connectivity index (χ3v) is 1.93. The van der Waals surface area contributed by atoms with E-state index >= 15 is 0 Å². The molecule has 0 unspecified atom stereocenters. The van der Waals surface area contributed by atoms with Crippen LogP contribution in [0.1, 0.15) is 10.4 Å². The predicted octanol–water partition coefficient (Wildman–Crippen LogP) is 1.28. The van der Waals surface area contributed by atoms with Gasteiger partial charge in [-0.05, 0) is 0 Å². The molecule has 0 aliphatic heterocycles. The Balaban J connectivity index is 2.66. The zero-order valence-corrected chi connectivity index (χ0v) is 7.54. The Morgan fingerprint density at radius 2 is 2.00 bits per heavy atom. The molecule has 1 rings (SSSR count). The van der Waals surface area contributed by atoms with Crippen molar-refractivity contribution in [3.8, 4) is 0 Å². The van der Waals surface area contributed by atoms with Crippen molar-refractivity contribution in [1.29, 1.82) is 0 Å². The Kier molecular flexibility index (Phi) is 3.28. The van der Waals surface area contributed by atoms with Gasteiger partial charge in [0.25, 0.3) is 0 Å². The Morgan fingerprint density at radius 1 is 1.42 bits per heavy atom. The van der Waals surface area contributed by atoms with Crippen LogP contribution in [0, 0.1) is 0 Å². The zero-order valence-electron chi connectivity index (χ0n) is 6.73. The van der Waals surface area contributed by atoms with Crippen LogP contribution in [0.4, 0.5) is 0 Å². The topological polar surface area (TPSA) is 46.3 Å². The van der Waals surface area contributed by atoms with E-state index < -0.39 is 0 Å². The van der Waals surface area contributed by atoms with E-state index in [4.69, 9.17) is 5.84 Å². The Hall–Kier alpha value is -0.840. The third-order valence-electron chi connectivity index (χ3n) is 1.24. The van der Waals surface area contributed by atoms with Crippen LogP contribution in [0.5, 0.6) is 0 Å². The van der Waals surface area contributed by atoms with Crippen molar-refractivity contribution in [3.05, 3.63) is 35.9 Å². The molecule has 0 radical (unpaired) electrons. The molecule has 0 heterocycles. The second-order valence-electron chi connectivity index (χ2n) is 2.29. The maximum atomic E-state index is 11.3. The fraction of sp³-hybridized carbons (Fsp3) is 0.125. The molecule has 0 aliphatic carbocycles. The largest absolute Gasteiger partial charge is 0.280 e. The highest BCUT2D eigenvalue weighted by atomic mass is 32.2. The quantitative estimate of drug-likeness (QED) is 0.425. The predicted molar refractivity (Wildman–Crippen MR) is 50.3 cm³/mol. The van der Waals surface area contributed by atoms with Crippen molar-refractivity contribution < 1.29 is 4.79 Å². The van der Waals surface area contributed by atoms with Gasteiger partial charge >= 0.3 is 0 Å². The number of benzene rings is 1. The highest BCUT2D eigenvalue weighted by Gasteiger charge is 2.06. The van der Waals surface area contributed by atoms with Crippen molar-refractivity contribution in [2.24, 2.45) is 5.84 Å². The van der Waals surface area contributed by atoms with E-state index in [0.717, 1.165) is 11.9 Å². The smallest absolute Gasteiger partial charge is 0.235 e. The van der Waals surface area contributed by atoms with Gasteiger partial charge in [-0.3, -0.25) is 10.6 Å². The van der Waals surface area contributed by atoms with E-state index in [9.17, 15) is 4.79 Å². The van der Waals surface area contributed by atoms with E-state index in [2.05, 4.69) is 0 Å². The van der Waals surface area contributed by atoms with Gasteiger partial charge in [0.1, 0.15) is 0 Å². The summed E-state index contributed by atoms with van der Waals surface area (Å²) >= 11 is 0.980. The van der Waals surface area contributed by atoms with Crippen molar-refractivity contribution >= 4 is 17.1 Å². The molecule has 0 amide bonds. The van der Waals surface area contributed by atoms with Crippen LogP contribution in [0.2, 0.25) is 0 Å². The van der Waals surface area contributed by atoms with Gasteiger partial charge in [-0.15, -0.1) is 0 Å². The molecule has 1 aromatic rings. The summed E-state index contributed by atoms with van der Waals surface area (Å²) in [4.78, 5) is 11.3. The molecule has 0 fully saturated rings. The zero-order chi connectivity index (χ0) is 8.97. The van der Waals surface area contributed by atoms with Crippen LogP contribution in [0.15, 0.2) is 30.3 Å². The third kappa shape index (κ3) is 2.65. The average molecular weight is 182 g/mol. The first-order valence-electron chi connectivity index (χ1n) is 3.46. The Labute approximate surface area is 75.7 Å². The maximum absolute atomic E-state index is 11.3. The first kappa shape index (κ1) is 9.25. The normalized spacial score (nSPS) is 10.2. The lowest BCUT2D eigenvalue weighted by Gasteiger charge is -2.05. The van der Waals surface area contributed by atoms with Gasteiger partial charge in [-0.1, -0.05) is 30.3 Å². The number of rotatable bonds is 2. The van der Waals surface area contributed by atoms with E-state index in [-0.39, 0.29) is 5.12 Å². The fourth-order valence-corrected chi connectivity index (χ4v) is 1.26. The maximum Gasteiger partial charge on any atom is 0.235 e. The van der Waals surface area contributed by atoms with Gasteiger partial charge in [0.05, 0.1) is 0 Å². The molecule has 0 saturated carbocycles. The minimum absolute atomic E-state index is 0.0411. The number of nitrogens with zero attached hydrogens (tertiary/aromatic N) is 1. The van der Waals surface area contributed by atoms with Gasteiger partial charge in [-0.2, -0.15) is 4.41 Å². The molecule has 0 spiro atoms. The number of nitrogens with two attached hydrogens (primary N) is 1. The van der Waals surface area contributed by atoms with Crippen molar-refractivity contribution in [1.82, 2.24) is 4.41 Å². The molecule has 3 nitrogen and oxygen atoms in total. The fourth-order valence-electron chi connectivity index (χ4n) is 0.758. The Bertz CT molecular complexity index is 261. The lowest BCUT2D eigenvalue weighted by molar-refractivity contribution is 0.108. The summed E-state index contributed by atoms with van der Waals surface area (Å²) < 4.78 is 1.29. The van der Waals surface area contributed by atoms with E-state index in [1.54, 1.807) is 19.2 Å². The van der Waals surface area contributed by atoms with E-state index in [0.29, 0.717) is 5.56 Å². The number of carbonyl (C=O) groups excluding carboxylic acids is 1. The number of carbonyl (C=O) groups is 1. The minimum Gasteiger partial charge on any atom is -0.280 e. The van der Waals surface area contributed by atoms with Gasteiger partial charge < -0.3 is 0 Å². The average Bonchev–Trinajstić information content (AvgIpc) is 2.05. The van der Waals surface area contributed by atoms with Gasteiger partial charge in [0.2, 0.25) is 5.12 Å². The van der Waals surface area contributed by atoms with Crippen molar-refractivity contribution in [3.63, 3.8) is 0 Å². The lowest BCUT2D eigenvalue weighted by Crippen LogP contribution is -2.19. The van der Waals surface area contributed by atoms with Crippen LogP contribution in [-0.4, -0.2) is 16.6 Å². The number of hydrazine groups is 1. The van der Waals surface area contributed by atoms with Gasteiger partial charge in [-0.25, -0.2) is 0 Å². The molecule has 0 aromatic heterocycles. The summed E-state index contributed by atoms with van der Waals surface area (Å²) in [6.07, 6.45) is 0. The molecule has 4 heteroatoms. The minimum atomic E-state index is -0.0411. The summed E-state index contributed by atoms with van der Waals surface area (Å²) in [5.41, 5.74) is 0.666. The second kappa shape index (κ2) is 4.25. The van der Waals surface area contributed by atoms with Crippen molar-refractivity contribution in [2.45, 2.75) is 0 Å². The monoisotopic (exact) mass is 182 g/mol. The van der Waals surface area contributed by atoms with Gasteiger partial charge in [0.15, 0.2) is 0 Å². The van der Waals surface area contributed by atoms with Crippen LogP contribution in [-0.2, 0) is 0 Å². The summed E-state index contributed by atoms with van der Waals surface area (Å²) in [6, 6.07) is 9.04. The highest BCUT2D eigenvalue weighted by Crippen LogP contribution is 2.11. The first-order valence-corrected chi connectivity index (χ1v) is 4.23. The number of hydrogen-bond donors (Lipinski definition) is 1. The van der Waals surface area contributed by atoms with Crippen LogP contribution in [0.3, 0.4) is 0 Å². The summed E-state index contributed by atoms with van der Waals surface area (Å²) in [7, 11) is 1.63. The molecule has 2 N–H and O–H groups in total. The van der Waals surface area contributed by atoms with E-state index in [1.807, 2.05) is 18.2 Å². The highest BCUT2D eigenvalue weighted by molar-refractivity contribution is 8.12. The van der Waals surface area contributed by atoms with Crippen LogP contribution >= 0.6 is 11.9 Å². The number of hydrogen-bond acceptors (Lipinski definition) is 4. The standard InChI is InChI=1S/C8H10N2OS/c1-10(9)12-8(11)7-5-3-2-4-6-7/h2-6H,9H2,1H3. The molecule has 0 bridgehead atoms. The molecule has 0 aliphatic rings. The van der Waals surface area contributed by atoms with Crippen LogP contribution in [0.25, 0.3) is 0 Å². The lowest BCUT2D eigenvalue weighted by atomic mass is 10.2. The van der Waals surface area contributed by atoms with Crippen molar-refractivity contribution in [2.75, 3.05) is 7.05 Å². The molecule has 0 saturated heterocycles. The molecule has 12 heavy (non-hydrogen) atoms. The summed E-state index contributed by atoms with van der Waals surface area (Å²) in [6.45, 7) is 0. The second-order valence-corrected chi connectivity index (χ2v) is 3.42.